The van der Waals surface area contributed by atoms with Crippen molar-refractivity contribution in [3.8, 4) is 10.8 Å². The number of furan rings is 1. The molecule has 0 aliphatic carbocycles. The molecule has 1 fully saturated rings. The average molecular weight is 530 g/mol. The Kier molecular flexibility index (Phi) is 7.19. The van der Waals surface area contributed by atoms with Gasteiger partial charge in [0.1, 0.15) is 0 Å². The minimum atomic E-state index is 0. The van der Waals surface area contributed by atoms with Gasteiger partial charge in [0.05, 0.1) is 18.5 Å². The second-order valence-corrected chi connectivity index (χ2v) is 7.54. The van der Waals surface area contributed by atoms with Crippen molar-refractivity contribution in [2.45, 2.75) is 6.54 Å². The number of hydrogen-bond acceptors (Lipinski definition) is 5. The quantitative estimate of drug-likeness (QED) is 0.310. The Bertz CT molecular complexity index is 905. The molecule has 3 heterocycles. The molecule has 1 aromatic carbocycles. The smallest absolute Gasteiger partial charge is 0.191 e. The summed E-state index contributed by atoms with van der Waals surface area (Å²) in [5, 5.41) is 3.61. The Hall–Kier alpha value is -1.78. The van der Waals surface area contributed by atoms with E-state index in [0.717, 1.165) is 47.7 Å². The van der Waals surface area contributed by atoms with Gasteiger partial charge in [0.15, 0.2) is 16.7 Å². The molecule has 1 aliphatic heterocycles. The second-order valence-electron chi connectivity index (χ2n) is 6.25. The van der Waals surface area contributed by atoms with Crippen LogP contribution in [0.25, 0.3) is 10.8 Å². The summed E-state index contributed by atoms with van der Waals surface area (Å²) in [6.07, 6.45) is 1.65. The number of aromatic nitrogens is 1. The molecule has 1 aliphatic rings. The van der Waals surface area contributed by atoms with E-state index in [0.29, 0.717) is 12.5 Å². The van der Waals surface area contributed by atoms with Crippen LogP contribution >= 0.6 is 46.9 Å². The van der Waals surface area contributed by atoms with E-state index < -0.39 is 0 Å². The molecule has 0 atom stereocenters. The molecule has 6 nitrogen and oxygen atoms in total. The Morgan fingerprint density at radius 1 is 1.18 bits per heavy atom. The Morgan fingerprint density at radius 3 is 2.61 bits per heavy atom. The molecule has 2 aromatic heterocycles. The molecule has 9 heteroatoms. The number of rotatable bonds is 4. The highest BCUT2D eigenvalue weighted by atomic mass is 127. The highest BCUT2D eigenvalue weighted by Gasteiger charge is 2.18. The summed E-state index contributed by atoms with van der Waals surface area (Å²) in [4.78, 5) is 13.5. The first-order valence-electron chi connectivity index (χ1n) is 8.73. The molecule has 2 N–H and O–H groups in total. The molecule has 0 saturated carbocycles. The predicted molar refractivity (Wildman–Crippen MR) is 126 cm³/mol. The van der Waals surface area contributed by atoms with Crippen LogP contribution in [0.15, 0.2) is 57.5 Å². The van der Waals surface area contributed by atoms with E-state index in [1.807, 2.05) is 41.8 Å². The van der Waals surface area contributed by atoms with Gasteiger partial charge in [-0.2, -0.15) is 0 Å². The number of anilines is 1. The number of guanidine groups is 1. The van der Waals surface area contributed by atoms with Gasteiger partial charge < -0.3 is 20.0 Å². The van der Waals surface area contributed by atoms with Crippen molar-refractivity contribution in [3.63, 3.8) is 0 Å². The molecule has 0 unspecified atom stereocenters. The van der Waals surface area contributed by atoms with Crippen molar-refractivity contribution in [2.24, 2.45) is 10.7 Å². The highest BCUT2D eigenvalue weighted by molar-refractivity contribution is 14.0. The SMILES string of the molecule is I.NC(=NCc1csc(-c2ccco2)n1)N1CCN(c2ccc(Cl)cc2)CC1. The summed E-state index contributed by atoms with van der Waals surface area (Å²) in [5.74, 6) is 1.35. The lowest BCUT2D eigenvalue weighted by atomic mass is 10.2. The lowest BCUT2D eigenvalue weighted by Gasteiger charge is -2.36. The maximum atomic E-state index is 6.20. The fraction of sp³-hybridized carbons (Fsp3) is 0.263. The highest BCUT2D eigenvalue weighted by Crippen LogP contribution is 2.24. The van der Waals surface area contributed by atoms with Gasteiger partial charge in [0, 0.05) is 42.3 Å². The van der Waals surface area contributed by atoms with Crippen LogP contribution in [0.5, 0.6) is 0 Å². The zero-order valence-corrected chi connectivity index (χ0v) is 19.0. The van der Waals surface area contributed by atoms with Gasteiger partial charge in [-0.1, -0.05) is 11.6 Å². The fourth-order valence-corrected chi connectivity index (χ4v) is 3.90. The molecule has 0 spiro atoms. The molecule has 0 amide bonds. The van der Waals surface area contributed by atoms with E-state index in [1.54, 1.807) is 17.6 Å². The summed E-state index contributed by atoms with van der Waals surface area (Å²) in [7, 11) is 0. The van der Waals surface area contributed by atoms with Crippen LogP contribution < -0.4 is 10.6 Å². The van der Waals surface area contributed by atoms with E-state index in [2.05, 4.69) is 19.8 Å². The number of piperazine rings is 1. The number of thiazole rings is 1. The third-order valence-electron chi connectivity index (χ3n) is 4.48. The Labute approximate surface area is 190 Å². The van der Waals surface area contributed by atoms with Crippen LogP contribution in [0, 0.1) is 0 Å². The van der Waals surface area contributed by atoms with Crippen LogP contribution in [-0.4, -0.2) is 42.0 Å². The summed E-state index contributed by atoms with van der Waals surface area (Å²) < 4.78 is 5.37. The molecule has 4 rings (SSSR count). The average Bonchev–Trinajstić information content (AvgIpc) is 3.38. The van der Waals surface area contributed by atoms with Crippen LogP contribution in [-0.2, 0) is 6.54 Å². The number of aliphatic imine (C=N–C) groups is 1. The van der Waals surface area contributed by atoms with Crippen molar-refractivity contribution in [2.75, 3.05) is 31.1 Å². The minimum absolute atomic E-state index is 0. The molecule has 1 saturated heterocycles. The summed E-state index contributed by atoms with van der Waals surface area (Å²) in [5.41, 5.74) is 8.28. The van der Waals surface area contributed by atoms with E-state index in [1.165, 1.54) is 5.69 Å². The van der Waals surface area contributed by atoms with Gasteiger partial charge in [-0.05, 0) is 36.4 Å². The Balaban J connectivity index is 0.00000225. The third-order valence-corrected chi connectivity index (χ3v) is 5.64. The third kappa shape index (κ3) is 4.98. The standard InChI is InChI=1S/C19H20ClN5OS.HI/c20-14-3-5-16(6-4-14)24-7-9-25(10-8-24)19(21)22-12-15-13-27-18(23-15)17-2-1-11-26-17;/h1-6,11,13H,7-10,12H2,(H2,21,22);1H. The fourth-order valence-electron chi connectivity index (χ4n) is 3.00. The molecular formula is C19H21ClIN5OS. The van der Waals surface area contributed by atoms with E-state index in [9.17, 15) is 0 Å². The van der Waals surface area contributed by atoms with Crippen LogP contribution in [0.3, 0.4) is 0 Å². The molecule has 148 valence electrons. The maximum Gasteiger partial charge on any atom is 0.191 e. The predicted octanol–water partition coefficient (Wildman–Crippen LogP) is 4.31. The number of hydrogen-bond donors (Lipinski definition) is 1. The van der Waals surface area contributed by atoms with Gasteiger partial charge in [0.25, 0.3) is 0 Å². The first-order valence-corrected chi connectivity index (χ1v) is 9.98. The number of nitrogens with two attached hydrogens (primary N) is 1. The van der Waals surface area contributed by atoms with E-state index in [-0.39, 0.29) is 24.0 Å². The van der Waals surface area contributed by atoms with Gasteiger partial charge in [-0.15, -0.1) is 35.3 Å². The van der Waals surface area contributed by atoms with Crippen molar-refractivity contribution in [1.82, 2.24) is 9.88 Å². The van der Waals surface area contributed by atoms with E-state index in [4.69, 9.17) is 21.8 Å². The molecule has 0 bridgehead atoms. The van der Waals surface area contributed by atoms with Gasteiger partial charge in [0.2, 0.25) is 0 Å². The van der Waals surface area contributed by atoms with Gasteiger partial charge in [-0.25, -0.2) is 9.98 Å². The zero-order valence-electron chi connectivity index (χ0n) is 15.1. The van der Waals surface area contributed by atoms with Gasteiger partial charge >= 0.3 is 0 Å². The summed E-state index contributed by atoms with van der Waals surface area (Å²) in [6, 6.07) is 11.7. The monoisotopic (exact) mass is 529 g/mol. The van der Waals surface area contributed by atoms with Crippen LogP contribution in [0.4, 0.5) is 5.69 Å². The van der Waals surface area contributed by atoms with Crippen molar-refractivity contribution in [3.05, 3.63) is 58.8 Å². The first kappa shape index (κ1) is 20.9. The molecule has 3 aromatic rings. The van der Waals surface area contributed by atoms with Crippen molar-refractivity contribution < 1.29 is 4.42 Å². The van der Waals surface area contributed by atoms with Gasteiger partial charge in [-0.3, -0.25) is 0 Å². The second kappa shape index (κ2) is 9.62. The van der Waals surface area contributed by atoms with E-state index >= 15 is 0 Å². The maximum absolute atomic E-state index is 6.20. The van der Waals surface area contributed by atoms with Crippen LogP contribution in [0.2, 0.25) is 5.02 Å². The van der Waals surface area contributed by atoms with Crippen molar-refractivity contribution >= 4 is 58.6 Å². The number of nitrogens with zero attached hydrogens (tertiary/aromatic N) is 4. The largest absolute Gasteiger partial charge is 0.462 e. The van der Waals surface area contributed by atoms with Crippen LogP contribution in [0.1, 0.15) is 5.69 Å². The minimum Gasteiger partial charge on any atom is -0.462 e. The first-order chi connectivity index (χ1) is 13.2. The molecule has 0 radical (unpaired) electrons. The lowest BCUT2D eigenvalue weighted by molar-refractivity contribution is 0.380. The zero-order chi connectivity index (χ0) is 18.6. The lowest BCUT2D eigenvalue weighted by Crippen LogP contribution is -2.51. The van der Waals surface area contributed by atoms with Crippen molar-refractivity contribution in [1.29, 1.82) is 0 Å². The topological polar surface area (TPSA) is 70.9 Å². The number of halogens is 2. The summed E-state index contributed by atoms with van der Waals surface area (Å²) >= 11 is 7.51. The molecular weight excluding hydrogens is 509 g/mol. The Morgan fingerprint density at radius 2 is 1.93 bits per heavy atom. The number of benzene rings is 1. The normalized spacial score (nSPS) is 14.8. The molecule has 28 heavy (non-hydrogen) atoms. The summed E-state index contributed by atoms with van der Waals surface area (Å²) in [6.45, 7) is 3.95.